The maximum Gasteiger partial charge on any atom is 0.246 e. The fourth-order valence-electron chi connectivity index (χ4n) is 3.91. The Morgan fingerprint density at radius 2 is 1.97 bits per heavy atom. The molecule has 7 nitrogen and oxygen atoms in total. The van der Waals surface area contributed by atoms with Crippen LogP contribution in [0.25, 0.3) is 6.08 Å². The summed E-state index contributed by atoms with van der Waals surface area (Å²) in [6.45, 7) is 1.98. The van der Waals surface area contributed by atoms with Gasteiger partial charge in [0.1, 0.15) is 6.17 Å². The normalized spacial score (nSPS) is 24.1. The van der Waals surface area contributed by atoms with Crippen LogP contribution in [0.4, 0.5) is 4.39 Å². The molecule has 2 amide bonds. The van der Waals surface area contributed by atoms with Gasteiger partial charge in [-0.05, 0) is 30.2 Å². The molecule has 2 N–H and O–H groups in total. The highest BCUT2D eigenvalue weighted by Gasteiger charge is 2.30. The number of rotatable bonds is 6. The number of piperidine rings is 1. The summed E-state index contributed by atoms with van der Waals surface area (Å²) in [5.74, 6) is -0.343. The lowest BCUT2D eigenvalue weighted by atomic mass is 10.1. The Hall–Kier alpha value is -1.71. The van der Waals surface area contributed by atoms with Crippen molar-refractivity contribution in [2.75, 3.05) is 45.8 Å². The number of carbonyl (C=O) groups excluding carboxylic acids is 2. The van der Waals surface area contributed by atoms with Crippen molar-refractivity contribution < 1.29 is 24.2 Å². The van der Waals surface area contributed by atoms with E-state index < -0.39 is 18.4 Å². The van der Waals surface area contributed by atoms with E-state index >= 15 is 0 Å². The van der Waals surface area contributed by atoms with Gasteiger partial charge >= 0.3 is 0 Å². The second-order valence-electron chi connectivity index (χ2n) is 8.21. The van der Waals surface area contributed by atoms with E-state index in [0.717, 1.165) is 5.56 Å². The van der Waals surface area contributed by atoms with Crippen LogP contribution in [0.3, 0.4) is 0 Å². The Kier molecular flexibility index (Phi) is 8.90. The van der Waals surface area contributed by atoms with Gasteiger partial charge in [-0.15, -0.1) is 0 Å². The van der Waals surface area contributed by atoms with Crippen molar-refractivity contribution >= 4 is 41.1 Å². The van der Waals surface area contributed by atoms with Crippen LogP contribution in [0.5, 0.6) is 0 Å². The van der Waals surface area contributed by atoms with Gasteiger partial charge in [-0.3, -0.25) is 14.5 Å². The first-order chi connectivity index (χ1) is 15.2. The number of nitrogens with zero attached hydrogens (tertiary/aromatic N) is 3. The fraction of sp³-hybridized carbons (Fsp3) is 0.545. The van der Waals surface area contributed by atoms with Crippen LogP contribution in [0.15, 0.2) is 24.3 Å². The molecule has 0 radical (unpaired) electrons. The summed E-state index contributed by atoms with van der Waals surface area (Å²) in [4.78, 5) is 30.0. The lowest BCUT2D eigenvalue weighted by Crippen LogP contribution is -2.49. The Morgan fingerprint density at radius 1 is 1.19 bits per heavy atom. The van der Waals surface area contributed by atoms with Gasteiger partial charge in [-0.1, -0.05) is 29.3 Å². The Morgan fingerprint density at radius 3 is 2.69 bits per heavy atom. The van der Waals surface area contributed by atoms with Crippen molar-refractivity contribution in [2.45, 2.75) is 31.2 Å². The maximum atomic E-state index is 13.4. The molecule has 32 heavy (non-hydrogen) atoms. The van der Waals surface area contributed by atoms with Crippen molar-refractivity contribution in [3.8, 4) is 0 Å². The van der Waals surface area contributed by atoms with E-state index in [-0.39, 0.29) is 44.3 Å². The predicted molar refractivity (Wildman–Crippen MR) is 121 cm³/mol. The highest BCUT2D eigenvalue weighted by atomic mass is 35.5. The minimum absolute atomic E-state index is 0.129. The molecule has 3 rings (SSSR count). The number of β-amino-alcohol motifs (C(OH)–C–C–N with tert-alkyl or cyclic N) is 2. The van der Waals surface area contributed by atoms with Crippen molar-refractivity contribution in [2.24, 2.45) is 0 Å². The van der Waals surface area contributed by atoms with E-state index in [9.17, 15) is 24.2 Å². The van der Waals surface area contributed by atoms with Crippen LogP contribution < -0.4 is 0 Å². The van der Waals surface area contributed by atoms with E-state index in [0.29, 0.717) is 36.2 Å². The number of aliphatic hydroxyl groups is 2. The number of hydrogen-bond acceptors (Lipinski definition) is 5. The van der Waals surface area contributed by atoms with Crippen LogP contribution in [-0.4, -0.2) is 101 Å². The molecular formula is C22H28Cl2FN3O4. The summed E-state index contributed by atoms with van der Waals surface area (Å²) in [7, 11) is 0. The summed E-state index contributed by atoms with van der Waals surface area (Å²) in [5.41, 5.74) is 0.741. The average molecular weight is 488 g/mol. The third-order valence-electron chi connectivity index (χ3n) is 5.75. The first kappa shape index (κ1) is 24.9. The number of benzene rings is 1. The Labute approximate surface area is 197 Å². The molecular weight excluding hydrogens is 460 g/mol. The number of amides is 2. The van der Waals surface area contributed by atoms with E-state index in [4.69, 9.17) is 23.2 Å². The van der Waals surface area contributed by atoms with Crippen LogP contribution >= 0.6 is 23.2 Å². The van der Waals surface area contributed by atoms with Crippen molar-refractivity contribution in [1.82, 2.24) is 14.7 Å². The summed E-state index contributed by atoms with van der Waals surface area (Å²) in [5, 5.41) is 20.9. The SMILES string of the molecule is O=C(/C=C/c1ccc(Cl)c(Cl)c1)N1CCC(=O)N(CC(O)CN2CC[C@@H](F)[C@@H](O)C2)CC1. The molecule has 2 saturated heterocycles. The monoisotopic (exact) mass is 487 g/mol. The third-order valence-corrected chi connectivity index (χ3v) is 6.48. The molecule has 2 heterocycles. The van der Waals surface area contributed by atoms with Crippen molar-refractivity contribution in [3.63, 3.8) is 0 Å². The average Bonchev–Trinajstić information content (AvgIpc) is 2.93. The molecule has 0 spiro atoms. The molecule has 1 aromatic carbocycles. The molecule has 0 aromatic heterocycles. The van der Waals surface area contributed by atoms with Crippen LogP contribution in [0, 0.1) is 0 Å². The van der Waals surface area contributed by atoms with E-state index in [1.807, 2.05) is 0 Å². The zero-order chi connectivity index (χ0) is 23.3. The number of alkyl halides is 1. The quantitative estimate of drug-likeness (QED) is 0.598. The van der Waals surface area contributed by atoms with Crippen LogP contribution in [0.2, 0.25) is 10.0 Å². The molecule has 1 unspecified atom stereocenters. The fourth-order valence-corrected chi connectivity index (χ4v) is 4.22. The summed E-state index contributed by atoms with van der Waals surface area (Å²) >= 11 is 11.9. The Balaban J connectivity index is 1.50. The molecule has 1 aromatic rings. The van der Waals surface area contributed by atoms with E-state index in [1.165, 1.54) is 6.08 Å². The molecule has 2 fully saturated rings. The number of aliphatic hydroxyl groups excluding tert-OH is 2. The summed E-state index contributed by atoms with van der Waals surface area (Å²) < 4.78 is 13.4. The molecule has 0 aliphatic carbocycles. The number of halogens is 3. The molecule has 3 atom stereocenters. The first-order valence-corrected chi connectivity index (χ1v) is 11.4. The van der Waals surface area contributed by atoms with Gasteiger partial charge in [0.25, 0.3) is 0 Å². The maximum absolute atomic E-state index is 13.4. The summed E-state index contributed by atoms with van der Waals surface area (Å²) in [6, 6.07) is 5.07. The lowest BCUT2D eigenvalue weighted by Gasteiger charge is -2.34. The van der Waals surface area contributed by atoms with E-state index in [2.05, 4.69) is 0 Å². The zero-order valence-electron chi connectivity index (χ0n) is 17.7. The highest BCUT2D eigenvalue weighted by molar-refractivity contribution is 6.42. The number of carbonyl (C=O) groups is 2. The molecule has 10 heteroatoms. The van der Waals surface area contributed by atoms with Crippen LogP contribution in [0.1, 0.15) is 18.4 Å². The van der Waals surface area contributed by atoms with Gasteiger partial charge in [0.05, 0.1) is 22.3 Å². The minimum Gasteiger partial charge on any atom is -0.390 e. The van der Waals surface area contributed by atoms with Crippen molar-refractivity contribution in [1.29, 1.82) is 0 Å². The zero-order valence-corrected chi connectivity index (χ0v) is 19.2. The minimum atomic E-state index is -1.23. The van der Waals surface area contributed by atoms with E-state index in [1.54, 1.807) is 39.0 Å². The smallest absolute Gasteiger partial charge is 0.246 e. The van der Waals surface area contributed by atoms with Crippen LogP contribution in [-0.2, 0) is 9.59 Å². The molecule has 0 saturated carbocycles. The van der Waals surface area contributed by atoms with Gasteiger partial charge in [0.15, 0.2) is 0 Å². The van der Waals surface area contributed by atoms with Gasteiger partial charge in [-0.25, -0.2) is 4.39 Å². The second kappa shape index (κ2) is 11.4. The van der Waals surface area contributed by atoms with Crippen molar-refractivity contribution in [3.05, 3.63) is 39.9 Å². The lowest BCUT2D eigenvalue weighted by molar-refractivity contribution is -0.132. The Bertz CT molecular complexity index is 856. The standard InChI is InChI=1S/C22H28Cl2FN3O4/c23-17-3-1-15(11-18(17)24)2-4-21(31)27-8-6-22(32)28(10-9-27)13-16(29)12-26-7-5-19(25)20(30)14-26/h1-4,11,16,19-20,29-30H,5-10,12-14H2/b4-2+/t16?,19-,20+/m1/s1. The highest BCUT2D eigenvalue weighted by Crippen LogP contribution is 2.23. The molecule has 0 bridgehead atoms. The number of likely N-dealkylation sites (tertiary alicyclic amines) is 1. The first-order valence-electron chi connectivity index (χ1n) is 10.7. The van der Waals surface area contributed by atoms with Gasteiger partial charge in [0.2, 0.25) is 11.8 Å². The third kappa shape index (κ3) is 6.89. The van der Waals surface area contributed by atoms with Gasteiger partial charge in [0, 0.05) is 58.3 Å². The molecule has 176 valence electrons. The molecule has 2 aliphatic rings. The summed E-state index contributed by atoms with van der Waals surface area (Å²) in [6.07, 6.45) is 0.382. The number of hydrogen-bond donors (Lipinski definition) is 2. The predicted octanol–water partition coefficient (Wildman–Crippen LogP) is 1.83. The topological polar surface area (TPSA) is 84.3 Å². The second-order valence-corrected chi connectivity index (χ2v) is 9.02. The largest absolute Gasteiger partial charge is 0.390 e. The van der Waals surface area contributed by atoms with Gasteiger partial charge in [-0.2, -0.15) is 0 Å². The van der Waals surface area contributed by atoms with Gasteiger partial charge < -0.3 is 20.0 Å². The molecule has 2 aliphatic heterocycles.